The molecule has 0 radical (unpaired) electrons. The Hall–Kier alpha value is -1.32. The molecule has 1 aromatic heterocycles. The van der Waals surface area contributed by atoms with Crippen molar-refractivity contribution in [3.8, 4) is 0 Å². The predicted molar refractivity (Wildman–Crippen MR) is 59.1 cm³/mol. The van der Waals surface area contributed by atoms with Gasteiger partial charge in [0.25, 0.3) is 0 Å². The number of amides is 1. The minimum absolute atomic E-state index is 0.140. The maximum Gasteiger partial charge on any atom is 0.223 e. The molecular weight excluding hydrogens is 190 g/mol. The van der Waals surface area contributed by atoms with Gasteiger partial charge in [-0.3, -0.25) is 9.48 Å². The van der Waals surface area contributed by atoms with Crippen molar-refractivity contribution in [2.24, 2.45) is 13.0 Å². The summed E-state index contributed by atoms with van der Waals surface area (Å²) in [7, 11) is 1.87. The van der Waals surface area contributed by atoms with Crippen molar-refractivity contribution >= 4 is 5.91 Å². The second-order valence-corrected chi connectivity index (χ2v) is 3.75. The molecule has 1 aromatic rings. The first-order valence-electron chi connectivity index (χ1n) is 5.42. The molecule has 1 rings (SSSR count). The molecule has 0 saturated heterocycles. The van der Waals surface area contributed by atoms with E-state index in [4.69, 9.17) is 0 Å². The molecule has 1 heterocycles. The fourth-order valence-electron chi connectivity index (χ4n) is 1.56. The summed E-state index contributed by atoms with van der Waals surface area (Å²) in [6.45, 7) is 4.65. The first-order valence-corrected chi connectivity index (χ1v) is 5.42. The summed E-state index contributed by atoms with van der Waals surface area (Å²) < 4.78 is 1.73. The van der Waals surface area contributed by atoms with Crippen LogP contribution in [0.15, 0.2) is 12.4 Å². The maximum absolute atomic E-state index is 11.6. The third kappa shape index (κ3) is 3.38. The summed E-state index contributed by atoms with van der Waals surface area (Å²) >= 11 is 0. The summed E-state index contributed by atoms with van der Waals surface area (Å²) in [4.78, 5) is 11.6. The number of carbonyl (C=O) groups is 1. The van der Waals surface area contributed by atoms with Crippen molar-refractivity contribution in [3.63, 3.8) is 0 Å². The molecule has 0 aliphatic heterocycles. The van der Waals surface area contributed by atoms with Gasteiger partial charge in [0, 0.05) is 31.3 Å². The lowest BCUT2D eigenvalue weighted by Gasteiger charge is -2.11. The Morgan fingerprint density at radius 2 is 2.20 bits per heavy atom. The quantitative estimate of drug-likeness (QED) is 0.798. The first kappa shape index (κ1) is 11.8. The zero-order chi connectivity index (χ0) is 11.3. The van der Waals surface area contributed by atoms with Gasteiger partial charge in [-0.2, -0.15) is 5.10 Å². The van der Waals surface area contributed by atoms with Crippen LogP contribution in [0.4, 0.5) is 0 Å². The van der Waals surface area contributed by atoms with E-state index in [0.29, 0.717) is 6.54 Å². The summed E-state index contributed by atoms with van der Waals surface area (Å²) in [5.41, 5.74) is 1.04. The standard InChI is InChI=1S/C11H19N3O/c1-4-10(5-2)11(15)12-6-9-7-13-14(3)8-9/h7-8,10H,4-6H2,1-3H3,(H,12,15). The second-order valence-electron chi connectivity index (χ2n) is 3.75. The van der Waals surface area contributed by atoms with Gasteiger partial charge < -0.3 is 5.32 Å². The molecule has 0 unspecified atom stereocenters. The lowest BCUT2D eigenvalue weighted by Crippen LogP contribution is -2.29. The maximum atomic E-state index is 11.6. The molecule has 0 aromatic carbocycles. The van der Waals surface area contributed by atoms with Crippen molar-refractivity contribution in [2.75, 3.05) is 0 Å². The van der Waals surface area contributed by atoms with Crippen molar-refractivity contribution in [3.05, 3.63) is 18.0 Å². The molecule has 0 saturated carbocycles. The van der Waals surface area contributed by atoms with Crippen LogP contribution < -0.4 is 5.32 Å². The van der Waals surface area contributed by atoms with Crippen LogP contribution in [0.1, 0.15) is 32.3 Å². The lowest BCUT2D eigenvalue weighted by molar-refractivity contribution is -0.125. The fourth-order valence-corrected chi connectivity index (χ4v) is 1.56. The molecule has 0 bridgehead atoms. The van der Waals surface area contributed by atoms with E-state index in [-0.39, 0.29) is 11.8 Å². The minimum Gasteiger partial charge on any atom is -0.352 e. The van der Waals surface area contributed by atoms with Gasteiger partial charge in [0.05, 0.1) is 6.20 Å². The highest BCUT2D eigenvalue weighted by Crippen LogP contribution is 2.07. The van der Waals surface area contributed by atoms with Gasteiger partial charge in [-0.25, -0.2) is 0 Å². The normalized spacial score (nSPS) is 10.7. The fraction of sp³-hybridized carbons (Fsp3) is 0.636. The predicted octanol–water partition coefficient (Wildman–Crippen LogP) is 1.47. The lowest BCUT2D eigenvalue weighted by atomic mass is 10.0. The van der Waals surface area contributed by atoms with E-state index in [1.54, 1.807) is 10.9 Å². The molecule has 84 valence electrons. The second kappa shape index (κ2) is 5.53. The number of carbonyl (C=O) groups excluding carboxylic acids is 1. The van der Waals surface area contributed by atoms with E-state index >= 15 is 0 Å². The number of rotatable bonds is 5. The van der Waals surface area contributed by atoms with Gasteiger partial charge in [-0.1, -0.05) is 13.8 Å². The largest absolute Gasteiger partial charge is 0.352 e. The Kier molecular flexibility index (Phi) is 4.34. The molecule has 4 nitrogen and oxygen atoms in total. The average molecular weight is 209 g/mol. The van der Waals surface area contributed by atoms with Gasteiger partial charge in [0.2, 0.25) is 5.91 Å². The van der Waals surface area contributed by atoms with Gasteiger partial charge in [-0.15, -0.1) is 0 Å². The zero-order valence-electron chi connectivity index (χ0n) is 9.66. The zero-order valence-corrected chi connectivity index (χ0v) is 9.66. The Bertz CT molecular complexity index is 315. The van der Waals surface area contributed by atoms with E-state index in [2.05, 4.69) is 10.4 Å². The smallest absolute Gasteiger partial charge is 0.223 e. The van der Waals surface area contributed by atoms with Crippen LogP contribution in [0.3, 0.4) is 0 Å². The third-order valence-corrected chi connectivity index (χ3v) is 2.58. The molecule has 1 N–H and O–H groups in total. The SMILES string of the molecule is CCC(CC)C(=O)NCc1cnn(C)c1. The third-order valence-electron chi connectivity index (χ3n) is 2.58. The van der Waals surface area contributed by atoms with Crippen LogP contribution in [-0.2, 0) is 18.4 Å². The van der Waals surface area contributed by atoms with Crippen molar-refractivity contribution in [2.45, 2.75) is 33.2 Å². The van der Waals surface area contributed by atoms with Gasteiger partial charge in [0.1, 0.15) is 0 Å². The Morgan fingerprint density at radius 3 is 2.67 bits per heavy atom. The summed E-state index contributed by atoms with van der Waals surface area (Å²) in [6, 6.07) is 0. The van der Waals surface area contributed by atoms with Crippen LogP contribution in [0.2, 0.25) is 0 Å². The highest BCUT2D eigenvalue weighted by atomic mass is 16.1. The van der Waals surface area contributed by atoms with E-state index < -0.39 is 0 Å². The van der Waals surface area contributed by atoms with E-state index in [1.165, 1.54) is 0 Å². The molecule has 0 spiro atoms. The molecular formula is C11H19N3O. The van der Waals surface area contributed by atoms with Crippen molar-refractivity contribution in [1.82, 2.24) is 15.1 Å². The molecule has 0 fully saturated rings. The van der Waals surface area contributed by atoms with Crippen LogP contribution in [0, 0.1) is 5.92 Å². The average Bonchev–Trinajstić information content (AvgIpc) is 2.63. The Balaban J connectivity index is 2.40. The minimum atomic E-state index is 0.140. The Labute approximate surface area is 90.7 Å². The first-order chi connectivity index (χ1) is 7.17. The summed E-state index contributed by atoms with van der Waals surface area (Å²) in [6.07, 6.45) is 5.48. The Morgan fingerprint density at radius 1 is 1.53 bits per heavy atom. The number of nitrogens with one attached hydrogen (secondary N) is 1. The molecule has 4 heteroatoms. The monoisotopic (exact) mass is 209 g/mol. The topological polar surface area (TPSA) is 46.9 Å². The number of hydrogen-bond acceptors (Lipinski definition) is 2. The number of aryl methyl sites for hydroxylation is 1. The van der Waals surface area contributed by atoms with Gasteiger partial charge >= 0.3 is 0 Å². The van der Waals surface area contributed by atoms with Crippen LogP contribution in [-0.4, -0.2) is 15.7 Å². The molecule has 0 aliphatic carbocycles. The van der Waals surface area contributed by atoms with Crippen LogP contribution in [0.5, 0.6) is 0 Å². The molecule has 0 atom stereocenters. The summed E-state index contributed by atoms with van der Waals surface area (Å²) in [5, 5.41) is 6.97. The van der Waals surface area contributed by atoms with E-state index in [0.717, 1.165) is 18.4 Å². The number of nitrogens with zero attached hydrogens (tertiary/aromatic N) is 2. The molecule has 1 amide bonds. The van der Waals surface area contributed by atoms with Gasteiger partial charge in [0.15, 0.2) is 0 Å². The molecule has 0 aliphatic rings. The summed E-state index contributed by atoms with van der Waals surface area (Å²) in [5.74, 6) is 0.283. The van der Waals surface area contributed by atoms with E-state index in [9.17, 15) is 4.79 Å². The van der Waals surface area contributed by atoms with Crippen molar-refractivity contribution in [1.29, 1.82) is 0 Å². The van der Waals surface area contributed by atoms with Crippen molar-refractivity contribution < 1.29 is 4.79 Å². The van der Waals surface area contributed by atoms with Crippen LogP contribution >= 0.6 is 0 Å². The highest BCUT2D eigenvalue weighted by molar-refractivity contribution is 5.78. The van der Waals surface area contributed by atoms with Crippen LogP contribution in [0.25, 0.3) is 0 Å². The number of aromatic nitrogens is 2. The van der Waals surface area contributed by atoms with Gasteiger partial charge in [-0.05, 0) is 12.8 Å². The molecule has 15 heavy (non-hydrogen) atoms. The van der Waals surface area contributed by atoms with E-state index in [1.807, 2.05) is 27.1 Å². The highest BCUT2D eigenvalue weighted by Gasteiger charge is 2.13. The number of hydrogen-bond donors (Lipinski definition) is 1.